The molecule has 0 bridgehead atoms. The van der Waals surface area contributed by atoms with Crippen LogP contribution >= 0.6 is 0 Å². The van der Waals surface area contributed by atoms with E-state index in [1.807, 2.05) is 60.7 Å². The number of oxazole rings is 1. The van der Waals surface area contributed by atoms with Gasteiger partial charge in [-0.1, -0.05) is 42.5 Å². The molecule has 30 heavy (non-hydrogen) atoms. The van der Waals surface area contributed by atoms with Crippen LogP contribution in [0.25, 0.3) is 11.3 Å². The van der Waals surface area contributed by atoms with Crippen LogP contribution in [0.2, 0.25) is 0 Å². The van der Waals surface area contributed by atoms with E-state index in [2.05, 4.69) is 10.3 Å². The van der Waals surface area contributed by atoms with Crippen molar-refractivity contribution in [2.75, 3.05) is 11.9 Å². The van der Waals surface area contributed by atoms with Gasteiger partial charge in [0.1, 0.15) is 18.1 Å². The third-order valence-electron chi connectivity index (χ3n) is 4.31. The van der Waals surface area contributed by atoms with Gasteiger partial charge in [0.2, 0.25) is 0 Å². The van der Waals surface area contributed by atoms with Gasteiger partial charge in [-0.05, 0) is 42.0 Å². The van der Waals surface area contributed by atoms with Crippen molar-refractivity contribution in [2.24, 2.45) is 0 Å². The summed E-state index contributed by atoms with van der Waals surface area (Å²) in [5.41, 5.74) is 2.58. The van der Waals surface area contributed by atoms with Crippen LogP contribution in [-0.4, -0.2) is 17.5 Å². The number of rotatable bonds is 8. The first kappa shape index (κ1) is 19.3. The Morgan fingerprint density at radius 3 is 2.40 bits per heavy atom. The molecule has 1 heterocycles. The fourth-order valence-corrected chi connectivity index (χ4v) is 2.83. The second-order valence-corrected chi connectivity index (χ2v) is 6.53. The topological polar surface area (TPSA) is 73.6 Å². The second kappa shape index (κ2) is 9.43. The molecule has 0 aliphatic carbocycles. The van der Waals surface area contributed by atoms with Gasteiger partial charge in [-0.25, -0.2) is 4.98 Å². The van der Waals surface area contributed by atoms with Gasteiger partial charge in [0.15, 0.2) is 18.8 Å². The Bertz CT molecular complexity index is 1080. The quantitative estimate of drug-likeness (QED) is 0.454. The summed E-state index contributed by atoms with van der Waals surface area (Å²) >= 11 is 0. The Morgan fingerprint density at radius 1 is 0.900 bits per heavy atom. The molecular weight excluding hydrogens is 380 g/mol. The van der Waals surface area contributed by atoms with Crippen molar-refractivity contribution in [1.82, 2.24) is 4.98 Å². The highest BCUT2D eigenvalue weighted by Crippen LogP contribution is 2.22. The van der Waals surface area contributed by atoms with E-state index in [-0.39, 0.29) is 12.5 Å². The Kier molecular flexibility index (Phi) is 6.05. The number of aromatic nitrogens is 1. The van der Waals surface area contributed by atoms with Crippen molar-refractivity contribution < 1.29 is 18.7 Å². The van der Waals surface area contributed by atoms with Crippen LogP contribution in [-0.2, 0) is 11.4 Å². The van der Waals surface area contributed by atoms with Crippen molar-refractivity contribution in [3.63, 3.8) is 0 Å². The maximum absolute atomic E-state index is 12.2. The monoisotopic (exact) mass is 400 g/mol. The van der Waals surface area contributed by atoms with Crippen LogP contribution in [0.15, 0.2) is 95.9 Å². The SMILES string of the molecule is O=C(COc1ccc(OCc2ccccc2)cc1)Nc1cccc(-c2cnco2)c1. The van der Waals surface area contributed by atoms with Gasteiger partial charge in [0.25, 0.3) is 5.91 Å². The zero-order valence-corrected chi connectivity index (χ0v) is 16.2. The maximum atomic E-state index is 12.2. The Balaban J connectivity index is 1.26. The minimum atomic E-state index is -0.255. The summed E-state index contributed by atoms with van der Waals surface area (Å²) in [7, 11) is 0. The Hall–Kier alpha value is -4.06. The van der Waals surface area contributed by atoms with Crippen molar-refractivity contribution >= 4 is 11.6 Å². The lowest BCUT2D eigenvalue weighted by molar-refractivity contribution is -0.118. The molecule has 6 heteroatoms. The Morgan fingerprint density at radius 2 is 1.67 bits per heavy atom. The summed E-state index contributed by atoms with van der Waals surface area (Å²) in [6.07, 6.45) is 2.99. The number of nitrogens with zero attached hydrogens (tertiary/aromatic N) is 1. The number of hydrogen-bond donors (Lipinski definition) is 1. The number of anilines is 1. The lowest BCUT2D eigenvalue weighted by atomic mass is 10.1. The average Bonchev–Trinajstić information content (AvgIpc) is 3.33. The van der Waals surface area contributed by atoms with E-state index in [9.17, 15) is 4.79 Å². The zero-order valence-electron chi connectivity index (χ0n) is 16.2. The molecule has 150 valence electrons. The van der Waals surface area contributed by atoms with Crippen LogP contribution < -0.4 is 14.8 Å². The third-order valence-corrected chi connectivity index (χ3v) is 4.31. The summed E-state index contributed by atoms with van der Waals surface area (Å²) in [5.74, 6) is 1.71. The highest BCUT2D eigenvalue weighted by Gasteiger charge is 2.07. The van der Waals surface area contributed by atoms with Gasteiger partial charge in [-0.15, -0.1) is 0 Å². The van der Waals surface area contributed by atoms with Crippen LogP contribution in [0.1, 0.15) is 5.56 Å². The lowest BCUT2D eigenvalue weighted by Gasteiger charge is -2.10. The van der Waals surface area contributed by atoms with Gasteiger partial charge >= 0.3 is 0 Å². The van der Waals surface area contributed by atoms with Gasteiger partial charge < -0.3 is 19.2 Å². The predicted molar refractivity (Wildman–Crippen MR) is 113 cm³/mol. The molecule has 1 amide bonds. The van der Waals surface area contributed by atoms with Gasteiger partial charge in [0, 0.05) is 11.3 Å². The van der Waals surface area contributed by atoms with Crippen molar-refractivity contribution in [2.45, 2.75) is 6.61 Å². The molecule has 0 aliphatic heterocycles. The predicted octanol–water partition coefficient (Wildman–Crippen LogP) is 4.94. The summed E-state index contributed by atoms with van der Waals surface area (Å²) in [6.45, 7) is 0.396. The number of hydrogen-bond acceptors (Lipinski definition) is 5. The fraction of sp³-hybridized carbons (Fsp3) is 0.0833. The first-order chi connectivity index (χ1) is 14.8. The summed E-state index contributed by atoms with van der Waals surface area (Å²) < 4.78 is 16.6. The number of ether oxygens (including phenoxy) is 2. The largest absolute Gasteiger partial charge is 0.489 e. The smallest absolute Gasteiger partial charge is 0.262 e. The average molecular weight is 400 g/mol. The van der Waals surface area contributed by atoms with Crippen LogP contribution in [0, 0.1) is 0 Å². The second-order valence-electron chi connectivity index (χ2n) is 6.53. The van der Waals surface area contributed by atoms with E-state index in [1.165, 1.54) is 6.39 Å². The molecule has 4 rings (SSSR count). The first-order valence-electron chi connectivity index (χ1n) is 9.45. The third kappa shape index (κ3) is 5.26. The minimum absolute atomic E-state index is 0.100. The number of carbonyl (C=O) groups is 1. The molecule has 0 spiro atoms. The summed E-state index contributed by atoms with van der Waals surface area (Å²) in [4.78, 5) is 16.1. The maximum Gasteiger partial charge on any atom is 0.262 e. The molecule has 4 aromatic rings. The first-order valence-corrected chi connectivity index (χ1v) is 9.45. The Labute approximate surface area is 174 Å². The van der Waals surface area contributed by atoms with E-state index in [0.29, 0.717) is 23.8 Å². The fourth-order valence-electron chi connectivity index (χ4n) is 2.83. The molecule has 0 radical (unpaired) electrons. The van der Waals surface area contributed by atoms with E-state index in [0.717, 1.165) is 16.9 Å². The lowest BCUT2D eigenvalue weighted by Crippen LogP contribution is -2.20. The van der Waals surface area contributed by atoms with Gasteiger partial charge in [0.05, 0.1) is 6.20 Å². The van der Waals surface area contributed by atoms with Gasteiger partial charge in [-0.2, -0.15) is 0 Å². The normalized spacial score (nSPS) is 10.4. The molecule has 3 aromatic carbocycles. The molecule has 6 nitrogen and oxygen atoms in total. The number of benzene rings is 3. The highest BCUT2D eigenvalue weighted by atomic mass is 16.5. The molecule has 0 unspecified atom stereocenters. The van der Waals surface area contributed by atoms with Crippen LogP contribution in [0.5, 0.6) is 11.5 Å². The summed E-state index contributed by atoms with van der Waals surface area (Å²) in [6, 6.07) is 24.5. The van der Waals surface area contributed by atoms with E-state index in [1.54, 1.807) is 24.4 Å². The minimum Gasteiger partial charge on any atom is -0.489 e. The summed E-state index contributed by atoms with van der Waals surface area (Å²) in [5, 5.41) is 2.81. The number of amides is 1. The van der Waals surface area contributed by atoms with Gasteiger partial charge in [-0.3, -0.25) is 4.79 Å². The van der Waals surface area contributed by atoms with E-state index < -0.39 is 0 Å². The molecule has 0 atom stereocenters. The molecule has 0 aliphatic rings. The molecule has 1 N–H and O–H groups in total. The number of carbonyl (C=O) groups excluding carboxylic acids is 1. The van der Waals surface area contributed by atoms with Crippen molar-refractivity contribution in [3.8, 4) is 22.8 Å². The molecular formula is C24H20N2O4. The zero-order chi connectivity index (χ0) is 20.6. The van der Waals surface area contributed by atoms with Crippen molar-refractivity contribution in [3.05, 3.63) is 97.0 Å². The van der Waals surface area contributed by atoms with E-state index in [4.69, 9.17) is 13.9 Å². The van der Waals surface area contributed by atoms with E-state index >= 15 is 0 Å². The number of nitrogens with one attached hydrogen (secondary N) is 1. The standard InChI is InChI=1S/C24H20N2O4/c27-24(26-20-8-4-7-19(13-20)23-14-25-17-30-23)16-29-22-11-9-21(10-12-22)28-15-18-5-2-1-3-6-18/h1-14,17H,15-16H2,(H,26,27). The van der Waals surface area contributed by atoms with Crippen LogP contribution in [0.3, 0.4) is 0 Å². The molecule has 1 aromatic heterocycles. The highest BCUT2D eigenvalue weighted by molar-refractivity contribution is 5.92. The molecule has 0 saturated heterocycles. The molecule has 0 saturated carbocycles. The molecule has 0 fully saturated rings. The van der Waals surface area contributed by atoms with Crippen LogP contribution in [0.4, 0.5) is 5.69 Å². The van der Waals surface area contributed by atoms with Crippen molar-refractivity contribution in [1.29, 1.82) is 0 Å².